The van der Waals surface area contributed by atoms with Crippen molar-refractivity contribution in [1.82, 2.24) is 4.90 Å². The van der Waals surface area contributed by atoms with E-state index in [-0.39, 0.29) is 19.6 Å². The molecule has 8 heteroatoms. The van der Waals surface area contributed by atoms with Gasteiger partial charge in [0.1, 0.15) is 0 Å². The lowest BCUT2D eigenvalue weighted by molar-refractivity contribution is -0.280. The zero-order valence-electron chi connectivity index (χ0n) is 9.08. The molecule has 0 spiro atoms. The van der Waals surface area contributed by atoms with Crippen LogP contribution in [0.3, 0.4) is 0 Å². The molecule has 0 aromatic carbocycles. The average Bonchev–Trinajstić information content (AvgIpc) is 2.79. The quantitative estimate of drug-likeness (QED) is 0.265. The zero-order valence-corrected chi connectivity index (χ0v) is 9.08. The number of hydrogen-bond acceptors (Lipinski definition) is 7. The van der Waals surface area contributed by atoms with Crippen molar-refractivity contribution in [2.75, 3.05) is 13.9 Å². The number of imide groups is 1. The fourth-order valence-electron chi connectivity index (χ4n) is 1.70. The number of carbonyl (C=O) groups is 3. The number of β-lactam (4-membered cyclic amide) rings is 1. The Bertz CT molecular complexity index is 349. The Balaban J connectivity index is 1.93. The minimum absolute atomic E-state index is 0.0102. The number of amides is 2. The molecule has 2 aliphatic heterocycles. The van der Waals surface area contributed by atoms with Crippen molar-refractivity contribution < 1.29 is 33.6 Å². The Kier molecular flexibility index (Phi) is 3.36. The van der Waals surface area contributed by atoms with Crippen molar-refractivity contribution in [1.29, 1.82) is 0 Å². The molecule has 17 heavy (non-hydrogen) atoms. The zero-order chi connectivity index (χ0) is 12.4. The summed E-state index contributed by atoms with van der Waals surface area (Å²) in [4.78, 5) is 43.8. The molecule has 0 radical (unpaired) electrons. The third-order valence-electron chi connectivity index (χ3n) is 2.56. The summed E-state index contributed by atoms with van der Waals surface area (Å²) in [5.74, 6) is -2.44. The lowest BCUT2D eigenvalue weighted by Crippen LogP contribution is -2.58. The molecular weight excluding hydrogens is 234 g/mol. The highest BCUT2D eigenvalue weighted by Gasteiger charge is 2.45. The molecule has 1 unspecified atom stereocenters. The molecule has 2 amide bonds. The van der Waals surface area contributed by atoms with Crippen LogP contribution in [0.5, 0.6) is 0 Å². The Morgan fingerprint density at radius 1 is 1.53 bits per heavy atom. The molecule has 2 rings (SSSR count). The molecule has 2 aliphatic rings. The fraction of sp³-hybridized carbons (Fsp3) is 0.667. The summed E-state index contributed by atoms with van der Waals surface area (Å²) in [6, 6.07) is -0.416. The van der Waals surface area contributed by atoms with Crippen LogP contribution in [0.1, 0.15) is 12.8 Å². The van der Waals surface area contributed by atoms with Gasteiger partial charge < -0.3 is 9.47 Å². The predicted molar refractivity (Wildman–Crippen MR) is 48.8 cm³/mol. The minimum Gasteiger partial charge on any atom is -0.462 e. The number of likely N-dealkylation sites (tertiary alicyclic amines) is 1. The van der Waals surface area contributed by atoms with E-state index < -0.39 is 30.1 Å². The Hall–Kier alpha value is -1.51. The van der Waals surface area contributed by atoms with Crippen LogP contribution in [0.15, 0.2) is 0 Å². The first kappa shape index (κ1) is 12.0. The largest absolute Gasteiger partial charge is 0.462 e. The van der Waals surface area contributed by atoms with Crippen molar-refractivity contribution in [2.24, 2.45) is 0 Å². The standard InChI is InChI=1S/C9H11NO7/c1-14-9(13)8(12)10-5(2-6(10)11)3-7-15-4-16-17-7/h5,7H,2-4H2,1H3/t5-,7?/m0/s1. The van der Waals surface area contributed by atoms with Crippen LogP contribution in [-0.4, -0.2) is 48.9 Å². The number of nitrogens with zero attached hydrogens (tertiary/aromatic N) is 1. The van der Waals surface area contributed by atoms with Gasteiger partial charge in [-0.25, -0.2) is 14.6 Å². The maximum Gasteiger partial charge on any atom is 0.397 e. The second kappa shape index (κ2) is 4.78. The minimum atomic E-state index is -1.06. The van der Waals surface area contributed by atoms with Crippen LogP contribution < -0.4 is 0 Å². The molecule has 0 aromatic heterocycles. The van der Waals surface area contributed by atoms with E-state index in [1.165, 1.54) is 0 Å². The van der Waals surface area contributed by atoms with E-state index in [1.807, 2.05) is 0 Å². The van der Waals surface area contributed by atoms with Crippen LogP contribution in [-0.2, 0) is 33.6 Å². The van der Waals surface area contributed by atoms with Crippen molar-refractivity contribution >= 4 is 17.8 Å². The second-order valence-electron chi connectivity index (χ2n) is 3.58. The summed E-state index contributed by atoms with van der Waals surface area (Å²) >= 11 is 0. The van der Waals surface area contributed by atoms with Gasteiger partial charge in [-0.15, -0.1) is 0 Å². The summed E-state index contributed by atoms with van der Waals surface area (Å²) in [5, 5.41) is 0. The van der Waals surface area contributed by atoms with Crippen LogP contribution >= 0.6 is 0 Å². The highest BCUT2D eigenvalue weighted by molar-refractivity contribution is 6.36. The molecule has 0 N–H and O–H groups in total. The maximum absolute atomic E-state index is 11.5. The number of ether oxygens (including phenoxy) is 2. The van der Waals surface area contributed by atoms with Crippen molar-refractivity contribution in [2.45, 2.75) is 25.2 Å². The first-order valence-electron chi connectivity index (χ1n) is 4.97. The third kappa shape index (κ3) is 2.28. The van der Waals surface area contributed by atoms with Crippen LogP contribution in [0.25, 0.3) is 0 Å². The first-order chi connectivity index (χ1) is 8.13. The van der Waals surface area contributed by atoms with E-state index >= 15 is 0 Å². The molecule has 94 valence electrons. The number of hydrogen-bond donors (Lipinski definition) is 0. The lowest BCUT2D eigenvalue weighted by atomic mass is 9.98. The summed E-state index contributed by atoms with van der Waals surface area (Å²) in [6.45, 7) is 0.0102. The molecule has 0 saturated carbocycles. The molecule has 0 aromatic rings. The van der Waals surface area contributed by atoms with Gasteiger partial charge in [0.25, 0.3) is 0 Å². The molecule has 0 aliphatic carbocycles. The van der Waals surface area contributed by atoms with Crippen molar-refractivity contribution in [3.05, 3.63) is 0 Å². The average molecular weight is 245 g/mol. The third-order valence-corrected chi connectivity index (χ3v) is 2.56. The van der Waals surface area contributed by atoms with Gasteiger partial charge in [0.05, 0.1) is 13.2 Å². The second-order valence-corrected chi connectivity index (χ2v) is 3.58. The SMILES string of the molecule is COC(=O)C(=O)N1C(=O)C[C@H]1CC1OCOO1. The highest BCUT2D eigenvalue weighted by Crippen LogP contribution is 2.26. The first-order valence-corrected chi connectivity index (χ1v) is 4.97. The summed E-state index contributed by atoms with van der Waals surface area (Å²) in [7, 11) is 1.08. The number of rotatable bonds is 2. The topological polar surface area (TPSA) is 91.4 Å². The maximum atomic E-state index is 11.5. The van der Waals surface area contributed by atoms with Crippen LogP contribution in [0.4, 0.5) is 0 Å². The number of carbonyl (C=O) groups excluding carboxylic acids is 3. The van der Waals surface area contributed by atoms with Gasteiger partial charge in [0, 0.05) is 12.8 Å². The molecule has 2 saturated heterocycles. The molecule has 0 bridgehead atoms. The van der Waals surface area contributed by atoms with E-state index in [1.54, 1.807) is 0 Å². The summed E-state index contributed by atoms with van der Waals surface area (Å²) in [5.41, 5.74) is 0. The Morgan fingerprint density at radius 3 is 2.82 bits per heavy atom. The smallest absolute Gasteiger partial charge is 0.397 e. The van der Waals surface area contributed by atoms with Crippen molar-refractivity contribution in [3.63, 3.8) is 0 Å². The van der Waals surface area contributed by atoms with E-state index in [4.69, 9.17) is 9.62 Å². The Labute approximate surface area is 96.3 Å². The summed E-state index contributed by atoms with van der Waals surface area (Å²) < 4.78 is 9.27. The van der Waals surface area contributed by atoms with Crippen LogP contribution in [0, 0.1) is 0 Å². The van der Waals surface area contributed by atoms with Gasteiger partial charge >= 0.3 is 11.9 Å². The van der Waals surface area contributed by atoms with E-state index in [9.17, 15) is 14.4 Å². The number of esters is 1. The van der Waals surface area contributed by atoms with E-state index in [0.29, 0.717) is 0 Å². The van der Waals surface area contributed by atoms with Gasteiger partial charge in [0.2, 0.25) is 5.91 Å². The lowest BCUT2D eigenvalue weighted by Gasteiger charge is -2.38. The molecule has 8 nitrogen and oxygen atoms in total. The molecular formula is C9H11NO7. The normalized spacial score (nSPS) is 27.8. The highest BCUT2D eigenvalue weighted by atomic mass is 17.3. The Morgan fingerprint density at radius 2 is 2.29 bits per heavy atom. The predicted octanol–water partition coefficient (Wildman–Crippen LogP) is -1.06. The van der Waals surface area contributed by atoms with Crippen molar-refractivity contribution in [3.8, 4) is 0 Å². The van der Waals surface area contributed by atoms with E-state index in [0.717, 1.165) is 12.0 Å². The van der Waals surface area contributed by atoms with Gasteiger partial charge in [-0.3, -0.25) is 14.5 Å². The number of methoxy groups -OCH3 is 1. The van der Waals surface area contributed by atoms with Crippen LogP contribution in [0.2, 0.25) is 0 Å². The molecule has 2 fully saturated rings. The van der Waals surface area contributed by atoms with Gasteiger partial charge in [-0.2, -0.15) is 0 Å². The van der Waals surface area contributed by atoms with Gasteiger partial charge in [-0.1, -0.05) is 0 Å². The van der Waals surface area contributed by atoms with Gasteiger partial charge in [-0.05, 0) is 0 Å². The molecule has 2 atom stereocenters. The van der Waals surface area contributed by atoms with E-state index in [2.05, 4.69) is 9.62 Å². The van der Waals surface area contributed by atoms with Gasteiger partial charge in [0.15, 0.2) is 13.1 Å². The monoisotopic (exact) mass is 245 g/mol. The molecule has 2 heterocycles. The fourth-order valence-corrected chi connectivity index (χ4v) is 1.70. The summed E-state index contributed by atoms with van der Waals surface area (Å²) in [6.07, 6.45) is -0.179.